The Hall–Kier alpha value is -1.59. The van der Waals surface area contributed by atoms with Gasteiger partial charge < -0.3 is 15.4 Å². The Morgan fingerprint density at radius 2 is 1.86 bits per heavy atom. The van der Waals surface area contributed by atoms with E-state index in [4.69, 9.17) is 0 Å². The molecule has 0 aromatic heterocycles. The Kier molecular flexibility index (Phi) is 9.41. The van der Waals surface area contributed by atoms with Gasteiger partial charge in [-0.2, -0.15) is 0 Å². The first-order chi connectivity index (χ1) is 9.56. The summed E-state index contributed by atoms with van der Waals surface area (Å²) in [6, 6.07) is 7.50. The third-order valence-electron chi connectivity index (χ3n) is 3.02. The molecule has 2 N–H and O–H groups in total. The van der Waals surface area contributed by atoms with Gasteiger partial charge in [0, 0.05) is 24.6 Å². The van der Waals surface area contributed by atoms with E-state index in [1.165, 1.54) is 7.11 Å². The van der Waals surface area contributed by atoms with Gasteiger partial charge in [0.15, 0.2) is 0 Å². The number of anilines is 1. The fourth-order valence-electron chi connectivity index (χ4n) is 1.77. The van der Waals surface area contributed by atoms with Crippen LogP contribution in [-0.4, -0.2) is 32.6 Å². The molecular formula is C15H23ClN2O3. The lowest BCUT2D eigenvalue weighted by molar-refractivity contribution is -0.140. The van der Waals surface area contributed by atoms with Crippen molar-refractivity contribution in [1.82, 2.24) is 5.32 Å². The minimum absolute atomic E-state index is 0. The first kappa shape index (κ1) is 19.4. The highest BCUT2D eigenvalue weighted by atomic mass is 35.5. The smallest absolute Gasteiger partial charge is 0.305 e. The maximum absolute atomic E-state index is 11.8. The number of benzene rings is 1. The fraction of sp³-hybridized carbons (Fsp3) is 0.467. The Morgan fingerprint density at radius 3 is 2.38 bits per heavy atom. The first-order valence-electron chi connectivity index (χ1n) is 6.68. The average molecular weight is 315 g/mol. The lowest BCUT2D eigenvalue weighted by Gasteiger charge is -2.11. The van der Waals surface area contributed by atoms with E-state index < -0.39 is 0 Å². The number of rotatable bonds is 7. The topological polar surface area (TPSA) is 67.4 Å². The summed E-state index contributed by atoms with van der Waals surface area (Å²) >= 11 is 0. The van der Waals surface area contributed by atoms with Crippen LogP contribution in [0.1, 0.15) is 18.9 Å². The van der Waals surface area contributed by atoms with Crippen molar-refractivity contribution in [3.63, 3.8) is 0 Å². The predicted molar refractivity (Wildman–Crippen MR) is 85.7 cm³/mol. The molecule has 0 fully saturated rings. The van der Waals surface area contributed by atoms with Gasteiger partial charge in [-0.15, -0.1) is 12.4 Å². The average Bonchev–Trinajstić information content (AvgIpc) is 2.46. The number of hydrogen-bond acceptors (Lipinski definition) is 4. The van der Waals surface area contributed by atoms with Crippen LogP contribution in [0.3, 0.4) is 0 Å². The van der Waals surface area contributed by atoms with Crippen molar-refractivity contribution in [3.05, 3.63) is 29.8 Å². The molecule has 0 saturated carbocycles. The Bertz CT molecular complexity index is 449. The highest BCUT2D eigenvalue weighted by molar-refractivity contribution is 5.92. The summed E-state index contributed by atoms with van der Waals surface area (Å²) in [5, 5.41) is 5.83. The SMILES string of the molecule is CNCC(C)C(=O)Nc1ccc(CCC(=O)OC)cc1.Cl. The predicted octanol–water partition coefficient (Wildman–Crippen LogP) is 2.01. The third kappa shape index (κ3) is 7.11. The van der Waals surface area contributed by atoms with Gasteiger partial charge in [-0.1, -0.05) is 19.1 Å². The number of esters is 1. The number of carbonyl (C=O) groups is 2. The van der Waals surface area contributed by atoms with Gasteiger partial charge in [-0.05, 0) is 31.2 Å². The standard InChI is InChI=1S/C15H22N2O3.ClH/c1-11(10-16-2)15(19)17-13-7-4-12(5-8-13)6-9-14(18)20-3;/h4-5,7-8,11,16H,6,9-10H2,1-3H3,(H,17,19);1H. The molecule has 0 saturated heterocycles. The van der Waals surface area contributed by atoms with Crippen molar-refractivity contribution in [2.24, 2.45) is 5.92 Å². The molecule has 1 atom stereocenters. The monoisotopic (exact) mass is 314 g/mol. The van der Waals surface area contributed by atoms with E-state index in [-0.39, 0.29) is 30.2 Å². The lowest BCUT2D eigenvalue weighted by Crippen LogP contribution is -2.28. The van der Waals surface area contributed by atoms with Gasteiger partial charge in [0.25, 0.3) is 0 Å². The van der Waals surface area contributed by atoms with Gasteiger partial charge in [0.1, 0.15) is 0 Å². The Morgan fingerprint density at radius 1 is 1.24 bits per heavy atom. The Labute approximate surface area is 131 Å². The van der Waals surface area contributed by atoms with Gasteiger partial charge >= 0.3 is 5.97 Å². The van der Waals surface area contributed by atoms with E-state index in [0.717, 1.165) is 11.3 Å². The summed E-state index contributed by atoms with van der Waals surface area (Å²) in [5.41, 5.74) is 1.80. The number of carbonyl (C=O) groups excluding carboxylic acids is 2. The second-order valence-electron chi connectivity index (χ2n) is 4.72. The maximum Gasteiger partial charge on any atom is 0.305 e. The summed E-state index contributed by atoms with van der Waals surface area (Å²) in [6.45, 7) is 2.51. The molecule has 0 heterocycles. The molecule has 1 aromatic rings. The van der Waals surface area contributed by atoms with E-state index in [0.29, 0.717) is 19.4 Å². The third-order valence-corrected chi connectivity index (χ3v) is 3.02. The molecule has 1 aromatic carbocycles. The summed E-state index contributed by atoms with van der Waals surface area (Å²) in [5.74, 6) is -0.316. The van der Waals surface area contributed by atoms with Crippen LogP contribution < -0.4 is 10.6 Å². The molecule has 1 amide bonds. The minimum atomic E-state index is -0.219. The molecule has 21 heavy (non-hydrogen) atoms. The van der Waals surface area contributed by atoms with Crippen molar-refractivity contribution >= 4 is 30.0 Å². The maximum atomic E-state index is 11.8. The van der Waals surface area contributed by atoms with Crippen molar-refractivity contribution in [2.75, 3.05) is 26.0 Å². The van der Waals surface area contributed by atoms with E-state index in [1.807, 2.05) is 38.2 Å². The molecule has 0 aliphatic rings. The summed E-state index contributed by atoms with van der Waals surface area (Å²) < 4.78 is 4.60. The van der Waals surface area contributed by atoms with E-state index in [9.17, 15) is 9.59 Å². The first-order valence-corrected chi connectivity index (χ1v) is 6.68. The quantitative estimate of drug-likeness (QED) is 0.756. The second kappa shape index (κ2) is 10.2. The highest BCUT2D eigenvalue weighted by Crippen LogP contribution is 2.12. The van der Waals surface area contributed by atoms with Gasteiger partial charge in [0.2, 0.25) is 5.91 Å². The van der Waals surface area contributed by atoms with Crippen LogP contribution in [0.5, 0.6) is 0 Å². The van der Waals surface area contributed by atoms with E-state index >= 15 is 0 Å². The zero-order chi connectivity index (χ0) is 15.0. The van der Waals surface area contributed by atoms with Crippen LogP contribution >= 0.6 is 12.4 Å². The summed E-state index contributed by atoms with van der Waals surface area (Å²) in [6.07, 6.45) is 0.998. The molecule has 0 bridgehead atoms. The second-order valence-corrected chi connectivity index (χ2v) is 4.72. The normalized spacial score (nSPS) is 11.2. The largest absolute Gasteiger partial charge is 0.469 e. The van der Waals surface area contributed by atoms with E-state index in [2.05, 4.69) is 15.4 Å². The van der Waals surface area contributed by atoms with Crippen LogP contribution in [0, 0.1) is 5.92 Å². The Balaban J connectivity index is 0.00000400. The summed E-state index contributed by atoms with van der Waals surface area (Å²) in [4.78, 5) is 22.9. The molecule has 0 spiro atoms. The molecular weight excluding hydrogens is 292 g/mol. The number of amides is 1. The molecule has 0 radical (unpaired) electrons. The minimum Gasteiger partial charge on any atom is -0.469 e. The highest BCUT2D eigenvalue weighted by Gasteiger charge is 2.11. The van der Waals surface area contributed by atoms with Crippen LogP contribution in [-0.2, 0) is 20.7 Å². The van der Waals surface area contributed by atoms with Gasteiger partial charge in [-0.25, -0.2) is 0 Å². The molecule has 1 rings (SSSR count). The van der Waals surface area contributed by atoms with Crippen LogP contribution in [0.15, 0.2) is 24.3 Å². The summed E-state index contributed by atoms with van der Waals surface area (Å²) in [7, 11) is 3.20. The number of aryl methyl sites for hydroxylation is 1. The number of ether oxygens (including phenoxy) is 1. The lowest BCUT2D eigenvalue weighted by atomic mass is 10.1. The van der Waals surface area contributed by atoms with Crippen molar-refractivity contribution < 1.29 is 14.3 Å². The zero-order valence-corrected chi connectivity index (χ0v) is 13.5. The number of nitrogens with one attached hydrogen (secondary N) is 2. The molecule has 6 heteroatoms. The molecule has 118 valence electrons. The molecule has 1 unspecified atom stereocenters. The zero-order valence-electron chi connectivity index (χ0n) is 12.6. The molecule has 0 aliphatic carbocycles. The van der Waals surface area contributed by atoms with Gasteiger partial charge in [-0.3, -0.25) is 9.59 Å². The molecule has 0 aliphatic heterocycles. The van der Waals surface area contributed by atoms with Crippen LogP contribution in [0.4, 0.5) is 5.69 Å². The molecule has 5 nitrogen and oxygen atoms in total. The van der Waals surface area contributed by atoms with Crippen molar-refractivity contribution in [3.8, 4) is 0 Å². The van der Waals surface area contributed by atoms with E-state index in [1.54, 1.807) is 0 Å². The van der Waals surface area contributed by atoms with Crippen molar-refractivity contribution in [2.45, 2.75) is 19.8 Å². The number of halogens is 1. The van der Waals surface area contributed by atoms with Crippen molar-refractivity contribution in [1.29, 1.82) is 0 Å². The number of hydrogen-bond donors (Lipinski definition) is 2. The van der Waals surface area contributed by atoms with Crippen LogP contribution in [0.2, 0.25) is 0 Å². The van der Waals surface area contributed by atoms with Gasteiger partial charge in [0.05, 0.1) is 7.11 Å². The fourth-order valence-corrected chi connectivity index (χ4v) is 1.77. The number of methoxy groups -OCH3 is 1. The van der Waals surface area contributed by atoms with Crippen LogP contribution in [0.25, 0.3) is 0 Å².